The minimum Gasteiger partial charge on any atom is -0.490 e. The van der Waals surface area contributed by atoms with Crippen molar-refractivity contribution >= 4 is 22.7 Å². The fourth-order valence-corrected chi connectivity index (χ4v) is 2.76. The molecule has 0 amide bonds. The van der Waals surface area contributed by atoms with Crippen molar-refractivity contribution in [2.24, 2.45) is 0 Å². The number of esters is 2. The maximum absolute atomic E-state index is 12.8. The number of benzene rings is 3. The van der Waals surface area contributed by atoms with E-state index < -0.39 is 11.9 Å². The summed E-state index contributed by atoms with van der Waals surface area (Å²) in [5, 5.41) is 1.75. The van der Waals surface area contributed by atoms with Crippen molar-refractivity contribution < 1.29 is 23.8 Å². The molecule has 0 aliphatic carbocycles. The summed E-state index contributed by atoms with van der Waals surface area (Å²) in [6.07, 6.45) is 1.49. The molecule has 0 atom stereocenters. The Hall–Kier alpha value is -3.60. The summed E-state index contributed by atoms with van der Waals surface area (Å²) in [7, 11) is 0. The highest BCUT2D eigenvalue weighted by atomic mass is 16.6. The number of rotatable bonds is 7. The fourth-order valence-electron chi connectivity index (χ4n) is 2.76. The van der Waals surface area contributed by atoms with Gasteiger partial charge in [0.1, 0.15) is 6.61 Å². The molecule has 0 saturated carbocycles. The highest BCUT2D eigenvalue weighted by Crippen LogP contribution is 2.30. The molecule has 5 nitrogen and oxygen atoms in total. The van der Waals surface area contributed by atoms with Crippen LogP contribution in [-0.4, -0.2) is 25.2 Å². The lowest BCUT2D eigenvalue weighted by Gasteiger charge is -2.13. The minimum atomic E-state index is -0.507. The van der Waals surface area contributed by atoms with Crippen LogP contribution in [0.15, 0.2) is 73.3 Å². The van der Waals surface area contributed by atoms with Crippen LogP contribution in [0.4, 0.5) is 0 Å². The number of hydrogen-bond donors (Lipinski definition) is 0. The van der Waals surface area contributed by atoms with Crippen LogP contribution in [-0.2, 0) is 4.74 Å². The third-order valence-electron chi connectivity index (χ3n) is 4.02. The second-order valence-electron chi connectivity index (χ2n) is 5.90. The third-order valence-corrected chi connectivity index (χ3v) is 4.02. The van der Waals surface area contributed by atoms with Gasteiger partial charge in [-0.05, 0) is 42.0 Å². The monoisotopic (exact) mass is 376 g/mol. The Kier molecular flexibility index (Phi) is 6.07. The summed E-state index contributed by atoms with van der Waals surface area (Å²) in [5.41, 5.74) is 0.755. The van der Waals surface area contributed by atoms with Crippen LogP contribution in [0.25, 0.3) is 10.8 Å². The Morgan fingerprint density at radius 1 is 0.964 bits per heavy atom. The van der Waals surface area contributed by atoms with Gasteiger partial charge < -0.3 is 14.2 Å². The maximum Gasteiger partial charge on any atom is 0.344 e. The van der Waals surface area contributed by atoms with Gasteiger partial charge in [-0.15, -0.1) is 0 Å². The topological polar surface area (TPSA) is 61.8 Å². The lowest BCUT2D eigenvalue weighted by Crippen LogP contribution is -2.11. The molecule has 142 valence electrons. The lowest BCUT2D eigenvalue weighted by molar-refractivity contribution is 0.0549. The Morgan fingerprint density at radius 3 is 2.54 bits per heavy atom. The minimum absolute atomic E-state index is 0.112. The molecule has 3 aromatic rings. The van der Waals surface area contributed by atoms with Gasteiger partial charge in [-0.25, -0.2) is 9.59 Å². The Balaban J connectivity index is 1.89. The van der Waals surface area contributed by atoms with Crippen molar-refractivity contribution in [1.82, 2.24) is 0 Å². The number of fused-ring (bicyclic) bond motifs is 1. The highest BCUT2D eigenvalue weighted by Gasteiger charge is 2.17. The molecule has 0 fully saturated rings. The van der Waals surface area contributed by atoms with E-state index in [4.69, 9.17) is 14.2 Å². The number of carbonyl (C=O) groups excluding carboxylic acids is 2. The van der Waals surface area contributed by atoms with Crippen LogP contribution in [0, 0.1) is 0 Å². The van der Waals surface area contributed by atoms with Gasteiger partial charge in [0, 0.05) is 0 Å². The van der Waals surface area contributed by atoms with Crippen molar-refractivity contribution in [3.05, 3.63) is 84.4 Å². The standard InChI is InChI=1S/C23H20O5/c1-3-14-27-22(24)17-12-13-20(21(15-17)26-4-2)28-23(25)19-11-7-9-16-8-5-6-10-18(16)19/h3,5-13,15H,1,4,14H2,2H3. The molecular weight excluding hydrogens is 356 g/mol. The van der Waals surface area contributed by atoms with Crippen molar-refractivity contribution in [3.63, 3.8) is 0 Å². The zero-order valence-electron chi connectivity index (χ0n) is 15.5. The number of hydrogen-bond acceptors (Lipinski definition) is 5. The molecule has 0 aliphatic heterocycles. The van der Waals surface area contributed by atoms with E-state index in [2.05, 4.69) is 6.58 Å². The summed E-state index contributed by atoms with van der Waals surface area (Å²) in [5.74, 6) is -0.475. The van der Waals surface area contributed by atoms with Gasteiger partial charge in [-0.2, -0.15) is 0 Å². The molecule has 0 heterocycles. The quantitative estimate of drug-likeness (QED) is 0.337. The summed E-state index contributed by atoms with van der Waals surface area (Å²) >= 11 is 0. The molecule has 0 spiro atoms. The van der Waals surface area contributed by atoms with Gasteiger partial charge in [0.05, 0.1) is 17.7 Å². The zero-order valence-corrected chi connectivity index (χ0v) is 15.5. The molecule has 0 aliphatic rings. The van der Waals surface area contributed by atoms with Crippen LogP contribution < -0.4 is 9.47 Å². The van der Waals surface area contributed by atoms with Crippen LogP contribution in [0.2, 0.25) is 0 Å². The van der Waals surface area contributed by atoms with Gasteiger partial charge in [0.25, 0.3) is 0 Å². The van der Waals surface area contributed by atoms with E-state index in [1.165, 1.54) is 24.3 Å². The molecule has 0 radical (unpaired) electrons. The Labute approximate surface area is 163 Å². The van der Waals surface area contributed by atoms with Gasteiger partial charge in [-0.1, -0.05) is 49.1 Å². The average molecular weight is 376 g/mol. The molecule has 0 saturated heterocycles. The number of ether oxygens (including phenoxy) is 3. The smallest absolute Gasteiger partial charge is 0.344 e. The first kappa shape index (κ1) is 19.2. The number of carbonyl (C=O) groups is 2. The largest absolute Gasteiger partial charge is 0.490 e. The van der Waals surface area contributed by atoms with Crippen LogP contribution >= 0.6 is 0 Å². The highest BCUT2D eigenvalue weighted by molar-refractivity contribution is 6.05. The summed E-state index contributed by atoms with van der Waals surface area (Å²) in [4.78, 5) is 24.8. The SMILES string of the molecule is C=CCOC(=O)c1ccc(OC(=O)c2cccc3ccccc23)c(OCC)c1. The van der Waals surface area contributed by atoms with E-state index >= 15 is 0 Å². The summed E-state index contributed by atoms with van der Waals surface area (Å²) in [6, 6.07) is 17.6. The Bertz CT molecular complexity index is 1020. The second kappa shape index (κ2) is 8.86. The molecule has 0 bridgehead atoms. The molecule has 0 N–H and O–H groups in total. The van der Waals surface area contributed by atoms with Crippen LogP contribution in [0.3, 0.4) is 0 Å². The van der Waals surface area contributed by atoms with Crippen molar-refractivity contribution in [1.29, 1.82) is 0 Å². The van der Waals surface area contributed by atoms with E-state index in [0.29, 0.717) is 23.5 Å². The van der Waals surface area contributed by atoms with Crippen LogP contribution in [0.1, 0.15) is 27.6 Å². The van der Waals surface area contributed by atoms with Crippen molar-refractivity contribution in [3.8, 4) is 11.5 Å². The first-order valence-corrected chi connectivity index (χ1v) is 8.89. The Morgan fingerprint density at radius 2 is 1.75 bits per heavy atom. The molecule has 5 heteroatoms. The molecule has 3 rings (SSSR count). The third kappa shape index (κ3) is 4.20. The van der Waals surface area contributed by atoms with Gasteiger partial charge >= 0.3 is 11.9 Å². The van der Waals surface area contributed by atoms with Gasteiger partial charge in [0.2, 0.25) is 0 Å². The normalized spacial score (nSPS) is 10.3. The average Bonchev–Trinajstić information content (AvgIpc) is 2.72. The van der Waals surface area contributed by atoms with Crippen LogP contribution in [0.5, 0.6) is 11.5 Å². The lowest BCUT2D eigenvalue weighted by atomic mass is 10.0. The van der Waals surface area contributed by atoms with Crippen molar-refractivity contribution in [2.75, 3.05) is 13.2 Å². The predicted molar refractivity (Wildman–Crippen MR) is 107 cm³/mol. The maximum atomic E-state index is 12.8. The van der Waals surface area contributed by atoms with E-state index in [1.54, 1.807) is 19.1 Å². The fraction of sp³-hybridized carbons (Fsp3) is 0.130. The second-order valence-corrected chi connectivity index (χ2v) is 5.90. The zero-order chi connectivity index (χ0) is 19.9. The van der Waals surface area contributed by atoms with Gasteiger partial charge in [-0.3, -0.25) is 0 Å². The van der Waals surface area contributed by atoms with Crippen molar-refractivity contribution in [2.45, 2.75) is 6.92 Å². The van der Waals surface area contributed by atoms with E-state index in [9.17, 15) is 9.59 Å². The molecule has 28 heavy (non-hydrogen) atoms. The molecule has 0 aromatic heterocycles. The van der Waals surface area contributed by atoms with E-state index in [1.807, 2.05) is 30.3 Å². The summed E-state index contributed by atoms with van der Waals surface area (Å²) in [6.45, 7) is 5.78. The molecular formula is C23H20O5. The van der Waals surface area contributed by atoms with Gasteiger partial charge in [0.15, 0.2) is 11.5 Å². The van der Waals surface area contributed by atoms with E-state index in [0.717, 1.165) is 10.8 Å². The summed E-state index contributed by atoms with van der Waals surface area (Å²) < 4.78 is 16.2. The first-order valence-electron chi connectivity index (χ1n) is 8.89. The molecule has 0 unspecified atom stereocenters. The molecule has 3 aromatic carbocycles. The van der Waals surface area contributed by atoms with E-state index in [-0.39, 0.29) is 12.4 Å². The first-order chi connectivity index (χ1) is 13.6. The predicted octanol–water partition coefficient (Wildman–Crippen LogP) is 4.80.